The first-order chi connectivity index (χ1) is 10.5. The highest BCUT2D eigenvalue weighted by atomic mass is 32.2. The van der Waals surface area contributed by atoms with Gasteiger partial charge in [-0.25, -0.2) is 8.78 Å². The van der Waals surface area contributed by atoms with Gasteiger partial charge in [0.25, 0.3) is 5.69 Å². The molecular weight excluding hydrogens is 314 g/mol. The van der Waals surface area contributed by atoms with Gasteiger partial charge in [-0.2, -0.15) is 0 Å². The van der Waals surface area contributed by atoms with Crippen molar-refractivity contribution >= 4 is 29.0 Å². The molecule has 1 N–H and O–H groups in total. The Hall–Kier alpha value is -2.48. The Morgan fingerprint density at radius 1 is 1.18 bits per heavy atom. The molecule has 0 saturated carbocycles. The predicted octanol–water partition coefficient (Wildman–Crippen LogP) is 3.60. The van der Waals surface area contributed by atoms with Crippen molar-refractivity contribution in [1.82, 2.24) is 0 Å². The number of hydrogen-bond acceptors (Lipinski definition) is 4. The van der Waals surface area contributed by atoms with E-state index in [2.05, 4.69) is 5.32 Å². The van der Waals surface area contributed by atoms with Crippen LogP contribution in [0.2, 0.25) is 0 Å². The molecule has 0 aliphatic rings. The second-order valence-electron chi connectivity index (χ2n) is 4.21. The molecule has 0 saturated heterocycles. The van der Waals surface area contributed by atoms with Crippen LogP contribution in [0.3, 0.4) is 0 Å². The number of thioether (sulfide) groups is 1. The number of halogens is 2. The Morgan fingerprint density at radius 2 is 1.86 bits per heavy atom. The van der Waals surface area contributed by atoms with Crippen molar-refractivity contribution in [3.63, 3.8) is 0 Å². The van der Waals surface area contributed by atoms with Gasteiger partial charge in [0.15, 0.2) is 0 Å². The van der Waals surface area contributed by atoms with Crippen LogP contribution in [0.15, 0.2) is 47.4 Å². The zero-order valence-electron chi connectivity index (χ0n) is 11.1. The van der Waals surface area contributed by atoms with Crippen LogP contribution >= 0.6 is 11.8 Å². The van der Waals surface area contributed by atoms with Gasteiger partial charge in [-0.3, -0.25) is 14.9 Å². The molecule has 0 fully saturated rings. The van der Waals surface area contributed by atoms with Crippen LogP contribution in [-0.2, 0) is 4.79 Å². The smallest absolute Gasteiger partial charge is 0.271 e. The number of nitro groups is 1. The van der Waals surface area contributed by atoms with E-state index in [0.717, 1.165) is 30.0 Å². The van der Waals surface area contributed by atoms with Crippen LogP contribution < -0.4 is 5.32 Å². The number of nitrogens with zero attached hydrogens (tertiary/aromatic N) is 1. The van der Waals surface area contributed by atoms with Crippen LogP contribution in [-0.4, -0.2) is 16.6 Å². The molecule has 0 radical (unpaired) electrons. The fourth-order valence-corrected chi connectivity index (χ4v) is 2.29. The third-order valence-electron chi connectivity index (χ3n) is 2.62. The van der Waals surface area contributed by atoms with Gasteiger partial charge in [0.2, 0.25) is 5.91 Å². The fourth-order valence-electron chi connectivity index (χ4n) is 1.59. The van der Waals surface area contributed by atoms with Gasteiger partial charge in [-0.1, -0.05) is 0 Å². The normalized spacial score (nSPS) is 10.3. The van der Waals surface area contributed by atoms with E-state index in [9.17, 15) is 23.7 Å². The molecule has 2 aromatic rings. The number of hydrogen-bond donors (Lipinski definition) is 1. The molecule has 0 heterocycles. The van der Waals surface area contributed by atoms with Gasteiger partial charge >= 0.3 is 0 Å². The maximum atomic E-state index is 13.5. The summed E-state index contributed by atoms with van der Waals surface area (Å²) in [7, 11) is 0. The highest BCUT2D eigenvalue weighted by molar-refractivity contribution is 8.00. The van der Waals surface area contributed by atoms with E-state index < -0.39 is 16.6 Å². The fraction of sp³-hybridized carbons (Fsp3) is 0.0714. The Morgan fingerprint density at radius 3 is 2.50 bits per heavy atom. The zero-order chi connectivity index (χ0) is 16.1. The number of carbonyl (C=O) groups excluding carboxylic acids is 1. The van der Waals surface area contributed by atoms with Crippen molar-refractivity contribution in [1.29, 1.82) is 0 Å². The minimum Gasteiger partial charge on any atom is -0.323 e. The van der Waals surface area contributed by atoms with E-state index in [-0.39, 0.29) is 22.9 Å². The molecular formula is C14H10F2N2O3S. The average Bonchev–Trinajstić information content (AvgIpc) is 2.48. The first-order valence-electron chi connectivity index (χ1n) is 6.08. The summed E-state index contributed by atoms with van der Waals surface area (Å²) in [6.45, 7) is 0. The lowest BCUT2D eigenvalue weighted by molar-refractivity contribution is -0.384. The monoisotopic (exact) mass is 324 g/mol. The van der Waals surface area contributed by atoms with Crippen molar-refractivity contribution in [3.8, 4) is 0 Å². The minimum atomic E-state index is -0.759. The van der Waals surface area contributed by atoms with Crippen molar-refractivity contribution < 1.29 is 18.5 Å². The van der Waals surface area contributed by atoms with Crippen LogP contribution in [0.4, 0.5) is 20.2 Å². The maximum absolute atomic E-state index is 13.5. The third kappa shape index (κ3) is 4.26. The molecule has 2 rings (SSSR count). The zero-order valence-corrected chi connectivity index (χ0v) is 11.9. The topological polar surface area (TPSA) is 72.2 Å². The Bertz CT molecular complexity index is 708. The number of amides is 1. The van der Waals surface area contributed by atoms with Gasteiger partial charge in [-0.05, 0) is 30.3 Å². The molecule has 1 amide bonds. The van der Waals surface area contributed by atoms with E-state index in [0.29, 0.717) is 4.90 Å². The summed E-state index contributed by atoms with van der Waals surface area (Å²) in [5.41, 5.74) is -0.568. The lowest BCUT2D eigenvalue weighted by Crippen LogP contribution is -2.15. The molecule has 0 spiro atoms. The molecule has 5 nitrogen and oxygen atoms in total. The summed E-state index contributed by atoms with van der Waals surface area (Å²) < 4.78 is 26.3. The Labute approximate surface area is 128 Å². The number of nitro benzene ring substituents is 1. The number of benzene rings is 2. The molecule has 8 heteroatoms. The maximum Gasteiger partial charge on any atom is 0.271 e. The minimum absolute atomic E-state index is 0.0340. The highest BCUT2D eigenvalue weighted by Crippen LogP contribution is 2.22. The lowest BCUT2D eigenvalue weighted by Gasteiger charge is -2.06. The summed E-state index contributed by atoms with van der Waals surface area (Å²) in [4.78, 5) is 22.4. The summed E-state index contributed by atoms with van der Waals surface area (Å²) in [5, 5.41) is 12.9. The predicted molar refractivity (Wildman–Crippen MR) is 78.8 cm³/mol. The Kier molecular flexibility index (Phi) is 5.05. The standard InChI is InChI=1S/C14H10F2N2O3S/c15-9-1-4-11(5-2-9)22-8-14(19)17-13-7-10(18(20)21)3-6-12(13)16/h1-7H,8H2,(H,17,19). The van der Waals surface area contributed by atoms with Crippen LogP contribution in [0.5, 0.6) is 0 Å². The van der Waals surface area contributed by atoms with Crippen LogP contribution in [0.1, 0.15) is 0 Å². The summed E-state index contributed by atoms with van der Waals surface area (Å²) in [6, 6.07) is 8.44. The second kappa shape index (κ2) is 6.99. The van der Waals surface area contributed by atoms with Crippen LogP contribution in [0, 0.1) is 21.7 Å². The number of anilines is 1. The van der Waals surface area contributed by atoms with Gasteiger partial charge < -0.3 is 5.32 Å². The number of carbonyl (C=O) groups is 1. The van der Waals surface area contributed by atoms with Crippen molar-refractivity contribution in [2.24, 2.45) is 0 Å². The van der Waals surface area contributed by atoms with E-state index in [1.54, 1.807) is 0 Å². The van der Waals surface area contributed by atoms with E-state index in [4.69, 9.17) is 0 Å². The first-order valence-corrected chi connectivity index (χ1v) is 7.06. The van der Waals surface area contributed by atoms with Crippen molar-refractivity contribution in [2.45, 2.75) is 4.90 Å². The van der Waals surface area contributed by atoms with E-state index in [1.807, 2.05) is 0 Å². The van der Waals surface area contributed by atoms with Crippen molar-refractivity contribution in [3.05, 3.63) is 64.2 Å². The van der Waals surface area contributed by atoms with Gasteiger partial charge in [0.1, 0.15) is 11.6 Å². The van der Waals surface area contributed by atoms with E-state index in [1.165, 1.54) is 24.3 Å². The quantitative estimate of drug-likeness (QED) is 0.518. The van der Waals surface area contributed by atoms with Gasteiger partial charge in [0, 0.05) is 17.0 Å². The molecule has 0 aliphatic heterocycles. The average molecular weight is 324 g/mol. The molecule has 0 unspecified atom stereocenters. The largest absolute Gasteiger partial charge is 0.323 e. The van der Waals surface area contributed by atoms with Gasteiger partial charge in [-0.15, -0.1) is 11.8 Å². The second-order valence-corrected chi connectivity index (χ2v) is 5.26. The molecule has 22 heavy (non-hydrogen) atoms. The molecule has 2 aromatic carbocycles. The van der Waals surface area contributed by atoms with Crippen LogP contribution in [0.25, 0.3) is 0 Å². The molecule has 0 aromatic heterocycles. The number of non-ortho nitro benzene ring substituents is 1. The SMILES string of the molecule is O=C(CSc1ccc(F)cc1)Nc1cc([N+](=O)[O-])ccc1F. The molecule has 0 aliphatic carbocycles. The highest BCUT2D eigenvalue weighted by Gasteiger charge is 2.13. The van der Waals surface area contributed by atoms with Crippen molar-refractivity contribution in [2.75, 3.05) is 11.1 Å². The van der Waals surface area contributed by atoms with Gasteiger partial charge in [0.05, 0.1) is 16.4 Å². The first kappa shape index (κ1) is 15.9. The third-order valence-corrected chi connectivity index (χ3v) is 3.63. The summed E-state index contributed by atoms with van der Waals surface area (Å²) in [5.74, 6) is -1.69. The Balaban J connectivity index is 1.98. The molecule has 0 bridgehead atoms. The number of rotatable bonds is 5. The number of nitrogens with one attached hydrogen (secondary N) is 1. The summed E-state index contributed by atoms with van der Waals surface area (Å²) in [6.07, 6.45) is 0. The molecule has 114 valence electrons. The van der Waals surface area contributed by atoms with E-state index >= 15 is 0 Å². The summed E-state index contributed by atoms with van der Waals surface area (Å²) >= 11 is 1.14. The molecule has 0 atom stereocenters. The lowest BCUT2D eigenvalue weighted by atomic mass is 10.2.